The summed E-state index contributed by atoms with van der Waals surface area (Å²) in [7, 11) is 6.08. The smallest absolute Gasteiger partial charge is 0.343 e. The van der Waals surface area contributed by atoms with Crippen LogP contribution in [0.4, 0.5) is 0 Å². The molecule has 5 fully saturated rings. The highest BCUT2D eigenvalue weighted by Crippen LogP contribution is 2.74. The van der Waals surface area contributed by atoms with Crippen molar-refractivity contribution >= 4 is 27.6 Å². The average Bonchev–Trinajstić information content (AvgIpc) is 3.92. The number of ether oxygens (including phenoxy) is 3. The van der Waals surface area contributed by atoms with E-state index in [1.54, 1.807) is 14.0 Å². The van der Waals surface area contributed by atoms with Crippen LogP contribution in [0, 0.1) is 52.8 Å². The molecule has 0 aromatic heterocycles. The fourth-order valence-corrected chi connectivity index (χ4v) is 19.1. The lowest BCUT2D eigenvalue weighted by Crippen LogP contribution is -2.62. The molecular weight excluding hydrogens is 747 g/mol. The van der Waals surface area contributed by atoms with E-state index >= 15 is 0 Å². The molecule has 6 nitrogen and oxygen atoms in total. The molecule has 0 amide bonds. The number of aliphatic hydroxyl groups excluding tert-OH is 1. The summed E-state index contributed by atoms with van der Waals surface area (Å²) in [5.41, 5.74) is 3.68. The molecule has 2 spiro atoms. The van der Waals surface area contributed by atoms with Crippen molar-refractivity contribution in [3.05, 3.63) is 94.4 Å². The fourth-order valence-electron chi connectivity index (χ4n) is 15.1. The molecule has 5 aliphatic heterocycles. The van der Waals surface area contributed by atoms with Gasteiger partial charge >= 0.3 is 5.97 Å². The van der Waals surface area contributed by atoms with Gasteiger partial charge in [-0.2, -0.15) is 0 Å². The van der Waals surface area contributed by atoms with E-state index in [0.717, 1.165) is 49.7 Å². The predicted molar refractivity (Wildman–Crippen MR) is 227 cm³/mol. The molecule has 1 N–H and O–H groups in total. The molecular formula is C49H61NO5S2. The van der Waals surface area contributed by atoms with Crippen LogP contribution in [-0.2, 0) is 19.0 Å². The second kappa shape index (κ2) is 14.1. The molecule has 0 radical (unpaired) electrons. The lowest BCUT2D eigenvalue weighted by molar-refractivity contribution is -0.133. The van der Waals surface area contributed by atoms with Gasteiger partial charge in [0.05, 0.1) is 24.0 Å². The van der Waals surface area contributed by atoms with Gasteiger partial charge in [-0.15, -0.1) is 0 Å². The number of allylic oxidation sites excluding steroid dienone is 3. The monoisotopic (exact) mass is 807 g/mol. The van der Waals surface area contributed by atoms with Gasteiger partial charge in [-0.1, -0.05) is 109 Å². The number of methoxy groups -OCH3 is 1. The highest BCUT2D eigenvalue weighted by Gasteiger charge is 2.69. The van der Waals surface area contributed by atoms with Crippen LogP contribution in [0.15, 0.2) is 88.8 Å². The number of esters is 1. The Bertz CT molecular complexity index is 1960. The number of carbonyl (C=O) groups excluding carboxylic acids is 1. The number of rotatable bonds is 2. The zero-order chi connectivity index (χ0) is 38.8. The van der Waals surface area contributed by atoms with Crippen LogP contribution in [0.3, 0.4) is 0 Å². The van der Waals surface area contributed by atoms with Gasteiger partial charge in [0, 0.05) is 41.1 Å². The van der Waals surface area contributed by atoms with Gasteiger partial charge in [0.1, 0.15) is 5.76 Å². The van der Waals surface area contributed by atoms with E-state index in [-0.39, 0.29) is 41.2 Å². The predicted octanol–water partition coefficient (Wildman–Crippen LogP) is 10.5. The molecule has 8 heteroatoms. The standard InChI is InChI=1S/C49H61NO5S2/c1-27-15-16-32-33(24-27)43(51)42-40-34(25-36-39-28(2)45(54-37(39)14-11-23-50(36)42)46-44(53-4)29(3)47(52)55-46)41(30-12-7-5-8-13-30)48-22-19-31(26-48)49(20-9-6-10-21-49)57-56-38(32)18-17-35(40)48/h5,7-8,12-14,16-18,27-28,31,33-36,38-43,51H,6,9-11,15,19-26H2,1-4H3/t27-,28-,31-,33-,34-,35-,36+,38+,39+,40+,41+,42+,43-,48-/m0/s1. The van der Waals surface area contributed by atoms with Crippen molar-refractivity contribution in [1.82, 2.24) is 4.90 Å². The van der Waals surface area contributed by atoms with E-state index in [9.17, 15) is 9.90 Å². The van der Waals surface area contributed by atoms with Crippen LogP contribution in [0.5, 0.6) is 0 Å². The Kier molecular flexibility index (Phi) is 9.30. The number of nitrogens with zero attached hydrogens (tertiary/aromatic N) is 1. The Hall–Kier alpha value is -2.39. The fraction of sp³-hybridized carbons (Fsp3) is 0.653. The molecule has 4 bridgehead atoms. The summed E-state index contributed by atoms with van der Waals surface area (Å²) >= 11 is 0. The highest BCUT2D eigenvalue weighted by molar-refractivity contribution is 8.77. The Labute approximate surface area is 347 Å². The highest BCUT2D eigenvalue weighted by atomic mass is 33.1. The van der Waals surface area contributed by atoms with Gasteiger partial charge in [0.25, 0.3) is 0 Å². The van der Waals surface area contributed by atoms with Crippen molar-refractivity contribution in [2.45, 2.75) is 132 Å². The molecule has 57 heavy (non-hydrogen) atoms. The first-order valence-electron chi connectivity index (χ1n) is 22.5. The van der Waals surface area contributed by atoms with Crippen molar-refractivity contribution in [2.75, 3.05) is 13.7 Å². The summed E-state index contributed by atoms with van der Waals surface area (Å²) in [6.07, 6.45) is 24.8. The van der Waals surface area contributed by atoms with E-state index < -0.39 is 6.10 Å². The second-order valence-corrected chi connectivity index (χ2v) is 22.7. The summed E-state index contributed by atoms with van der Waals surface area (Å²) in [4.78, 5) is 15.7. The minimum Gasteiger partial charge on any atom is -0.492 e. The van der Waals surface area contributed by atoms with E-state index in [0.29, 0.717) is 56.7 Å². The third kappa shape index (κ3) is 5.54. The molecule has 5 aliphatic carbocycles. The Morgan fingerprint density at radius 2 is 1.82 bits per heavy atom. The molecule has 2 saturated heterocycles. The van der Waals surface area contributed by atoms with E-state index in [1.165, 1.54) is 62.5 Å². The molecule has 304 valence electrons. The number of benzene rings is 1. The third-order valence-electron chi connectivity index (χ3n) is 17.4. The van der Waals surface area contributed by atoms with Crippen LogP contribution in [0.1, 0.15) is 109 Å². The Morgan fingerprint density at radius 1 is 1.00 bits per heavy atom. The average molecular weight is 808 g/mol. The largest absolute Gasteiger partial charge is 0.492 e. The number of carbonyl (C=O) groups is 1. The van der Waals surface area contributed by atoms with E-state index in [4.69, 9.17) is 14.2 Å². The molecule has 0 unspecified atom stereocenters. The first kappa shape index (κ1) is 37.6. The van der Waals surface area contributed by atoms with Gasteiger partial charge < -0.3 is 19.3 Å². The molecule has 1 aromatic carbocycles. The van der Waals surface area contributed by atoms with Crippen LogP contribution in [0.2, 0.25) is 0 Å². The Morgan fingerprint density at radius 3 is 2.63 bits per heavy atom. The topological polar surface area (TPSA) is 68.2 Å². The molecule has 5 heterocycles. The molecule has 1 aromatic rings. The molecule has 10 aliphatic rings. The number of piperidine rings is 1. The van der Waals surface area contributed by atoms with Crippen molar-refractivity contribution in [3.63, 3.8) is 0 Å². The zero-order valence-electron chi connectivity index (χ0n) is 34.2. The number of hydrogen-bond acceptors (Lipinski definition) is 8. The summed E-state index contributed by atoms with van der Waals surface area (Å²) in [5.74, 6) is 5.49. The van der Waals surface area contributed by atoms with Crippen molar-refractivity contribution in [2.24, 2.45) is 52.8 Å². The maximum Gasteiger partial charge on any atom is 0.343 e. The lowest BCUT2D eigenvalue weighted by atomic mass is 9.64. The number of fused-ring (bicyclic) bond motifs is 9. The SMILES string of the molecule is COC1=C(C)C(=O)OC1=C1OC2=CCCN3[C@H]4[C@@H](O)[C@H]5C[C@@H](C)CC=C5[C@H]5C=C[C@H]6[C@H]4[C@H](C[C@@H]3[C@H]2[C@@H]1C)[C@@H](c1ccccc1)[C@]61CC[C@@H](C1)C1(CCCCC1)SS5. The van der Waals surface area contributed by atoms with Gasteiger partial charge in [-0.05, 0) is 117 Å². The van der Waals surface area contributed by atoms with Gasteiger partial charge in [0.2, 0.25) is 5.76 Å². The minimum atomic E-state index is -0.448. The van der Waals surface area contributed by atoms with Crippen LogP contribution < -0.4 is 0 Å². The van der Waals surface area contributed by atoms with E-state index in [1.807, 2.05) is 0 Å². The first-order chi connectivity index (χ1) is 27.7. The first-order valence-corrected chi connectivity index (χ1v) is 24.8. The molecule has 11 rings (SSSR count). The summed E-state index contributed by atoms with van der Waals surface area (Å²) in [6, 6.07) is 11.9. The summed E-state index contributed by atoms with van der Waals surface area (Å²) < 4.78 is 18.9. The number of hydrogen-bond donors (Lipinski definition) is 1. The number of aliphatic hydroxyl groups is 1. The second-order valence-electron chi connectivity index (χ2n) is 19.9. The Balaban J connectivity index is 1.10. The van der Waals surface area contributed by atoms with Crippen molar-refractivity contribution in [3.8, 4) is 0 Å². The van der Waals surface area contributed by atoms with E-state index in [2.05, 4.69) is 95.0 Å². The van der Waals surface area contributed by atoms with Crippen molar-refractivity contribution < 1.29 is 24.1 Å². The van der Waals surface area contributed by atoms with Gasteiger partial charge in [-0.3, -0.25) is 4.90 Å². The van der Waals surface area contributed by atoms with Crippen LogP contribution in [0.25, 0.3) is 0 Å². The maximum atomic E-state index is 13.6. The maximum absolute atomic E-state index is 13.6. The third-order valence-corrected chi connectivity index (χ3v) is 21.1. The lowest BCUT2D eigenvalue weighted by Gasteiger charge is -2.54. The van der Waals surface area contributed by atoms with Crippen LogP contribution in [-0.4, -0.2) is 57.8 Å². The molecule has 14 atom stereocenters. The van der Waals surface area contributed by atoms with Crippen LogP contribution >= 0.6 is 21.6 Å². The minimum absolute atomic E-state index is 0.0115. The van der Waals surface area contributed by atoms with Crippen molar-refractivity contribution in [1.29, 1.82) is 0 Å². The number of cyclic esters (lactones) is 1. The van der Waals surface area contributed by atoms with Gasteiger partial charge in [-0.25, -0.2) is 4.79 Å². The van der Waals surface area contributed by atoms with Gasteiger partial charge in [0.15, 0.2) is 11.5 Å². The normalized spacial score (nSPS) is 45.8. The zero-order valence-corrected chi connectivity index (χ0v) is 35.9. The quantitative estimate of drug-likeness (QED) is 0.180. The summed E-state index contributed by atoms with van der Waals surface area (Å²) in [6.45, 7) is 7.38. The summed E-state index contributed by atoms with van der Waals surface area (Å²) in [5, 5.41) is 13.9. The molecule has 3 saturated carbocycles.